The van der Waals surface area contributed by atoms with Crippen LogP contribution in [0.25, 0.3) is 0 Å². The van der Waals surface area contributed by atoms with Crippen LogP contribution < -0.4 is 11.1 Å². The van der Waals surface area contributed by atoms with Gasteiger partial charge >= 0.3 is 0 Å². The van der Waals surface area contributed by atoms with Crippen molar-refractivity contribution in [3.05, 3.63) is 0 Å². The lowest BCUT2D eigenvalue weighted by Crippen LogP contribution is -2.57. The Hall–Kier alpha value is -0.650. The Labute approximate surface area is 96.3 Å². The maximum atomic E-state index is 11.9. The summed E-state index contributed by atoms with van der Waals surface area (Å²) in [5.74, 6) is -0.336. The molecule has 0 radical (unpaired) electrons. The number of carbonyl (C=O) groups is 1. The first kappa shape index (κ1) is 13.4. The summed E-state index contributed by atoms with van der Waals surface area (Å²) in [6.07, 6.45) is 1.31. The molecule has 16 heavy (non-hydrogen) atoms. The summed E-state index contributed by atoms with van der Waals surface area (Å²) in [7, 11) is 0. The Kier molecular flexibility index (Phi) is 4.70. The zero-order valence-electron chi connectivity index (χ0n) is 10.0. The minimum absolute atomic E-state index is 0.0478. The van der Waals surface area contributed by atoms with Crippen LogP contribution in [0.5, 0.6) is 0 Å². The Morgan fingerprint density at radius 3 is 2.50 bits per heavy atom. The monoisotopic (exact) mass is 230 g/mol. The molecule has 0 aromatic rings. The second-order valence-corrected chi connectivity index (χ2v) is 4.69. The number of carbonyl (C=O) groups excluding carboxylic acids is 1. The standard InChI is InChI=1S/C11H22N2O3/c1-8(9(2)12)10(15)13-11(7-14)3-5-16-6-4-11/h8-9,14H,3-7,12H2,1-2H3,(H,13,15). The van der Waals surface area contributed by atoms with E-state index in [0.717, 1.165) is 0 Å². The molecule has 0 bridgehead atoms. The third-order valence-electron chi connectivity index (χ3n) is 3.34. The van der Waals surface area contributed by atoms with Crippen molar-refractivity contribution in [1.82, 2.24) is 5.32 Å². The molecule has 0 spiro atoms. The number of aliphatic hydroxyl groups is 1. The van der Waals surface area contributed by atoms with Crippen molar-refractivity contribution in [2.45, 2.75) is 38.3 Å². The van der Waals surface area contributed by atoms with Gasteiger partial charge < -0.3 is 20.9 Å². The first-order valence-electron chi connectivity index (χ1n) is 5.77. The smallest absolute Gasteiger partial charge is 0.224 e. The van der Waals surface area contributed by atoms with Gasteiger partial charge in [0.1, 0.15) is 0 Å². The van der Waals surface area contributed by atoms with Crippen molar-refractivity contribution in [1.29, 1.82) is 0 Å². The van der Waals surface area contributed by atoms with Gasteiger partial charge in [-0.25, -0.2) is 0 Å². The molecule has 1 heterocycles. The third kappa shape index (κ3) is 3.17. The lowest BCUT2D eigenvalue weighted by atomic mass is 9.89. The van der Waals surface area contributed by atoms with Gasteiger partial charge in [-0.1, -0.05) is 6.92 Å². The molecule has 1 aliphatic heterocycles. The molecule has 0 aromatic heterocycles. The number of nitrogens with two attached hydrogens (primary N) is 1. The second-order valence-electron chi connectivity index (χ2n) is 4.69. The largest absolute Gasteiger partial charge is 0.394 e. The van der Waals surface area contributed by atoms with Gasteiger partial charge in [0.05, 0.1) is 12.1 Å². The van der Waals surface area contributed by atoms with Crippen molar-refractivity contribution in [3.8, 4) is 0 Å². The first-order valence-corrected chi connectivity index (χ1v) is 5.77. The molecule has 5 heteroatoms. The van der Waals surface area contributed by atoms with E-state index in [1.807, 2.05) is 0 Å². The fraction of sp³-hybridized carbons (Fsp3) is 0.909. The van der Waals surface area contributed by atoms with Crippen LogP contribution in [0.4, 0.5) is 0 Å². The Morgan fingerprint density at radius 1 is 1.50 bits per heavy atom. The summed E-state index contributed by atoms with van der Waals surface area (Å²) < 4.78 is 5.23. The number of aliphatic hydroxyl groups excluding tert-OH is 1. The Balaban J connectivity index is 2.58. The highest BCUT2D eigenvalue weighted by Crippen LogP contribution is 2.20. The van der Waals surface area contributed by atoms with Crippen molar-refractivity contribution < 1.29 is 14.6 Å². The van der Waals surface area contributed by atoms with E-state index in [2.05, 4.69) is 5.32 Å². The molecule has 1 amide bonds. The number of rotatable bonds is 4. The van der Waals surface area contributed by atoms with Crippen LogP contribution in [-0.4, -0.2) is 42.4 Å². The maximum Gasteiger partial charge on any atom is 0.224 e. The highest BCUT2D eigenvalue weighted by atomic mass is 16.5. The lowest BCUT2D eigenvalue weighted by Gasteiger charge is -2.37. The molecule has 1 saturated heterocycles. The van der Waals surface area contributed by atoms with E-state index in [1.54, 1.807) is 13.8 Å². The average molecular weight is 230 g/mol. The number of nitrogens with one attached hydrogen (secondary N) is 1. The van der Waals surface area contributed by atoms with Crippen LogP contribution in [0, 0.1) is 5.92 Å². The normalized spacial score (nSPS) is 23.5. The van der Waals surface area contributed by atoms with Crippen molar-refractivity contribution >= 4 is 5.91 Å². The summed E-state index contributed by atoms with van der Waals surface area (Å²) >= 11 is 0. The minimum Gasteiger partial charge on any atom is -0.394 e. The predicted octanol–water partition coefficient (Wildman–Crippen LogP) is -0.373. The number of hydrogen-bond donors (Lipinski definition) is 3. The van der Waals surface area contributed by atoms with Crippen molar-refractivity contribution in [2.24, 2.45) is 11.7 Å². The first-order chi connectivity index (χ1) is 7.51. The number of amides is 1. The quantitative estimate of drug-likeness (QED) is 0.615. The van der Waals surface area contributed by atoms with E-state index in [9.17, 15) is 9.90 Å². The molecule has 0 aromatic carbocycles. The van der Waals surface area contributed by atoms with Crippen LogP contribution in [0.15, 0.2) is 0 Å². The van der Waals surface area contributed by atoms with E-state index in [0.29, 0.717) is 26.1 Å². The zero-order chi connectivity index (χ0) is 12.2. The van der Waals surface area contributed by atoms with Crippen LogP contribution >= 0.6 is 0 Å². The topological polar surface area (TPSA) is 84.6 Å². The zero-order valence-corrected chi connectivity index (χ0v) is 10.0. The van der Waals surface area contributed by atoms with Crippen LogP contribution in [0.2, 0.25) is 0 Å². The summed E-state index contributed by atoms with van der Waals surface area (Å²) in [5.41, 5.74) is 5.16. The van der Waals surface area contributed by atoms with Gasteiger partial charge in [-0.05, 0) is 19.8 Å². The van der Waals surface area contributed by atoms with Gasteiger partial charge in [0, 0.05) is 25.2 Å². The Bertz CT molecular complexity index is 237. The van der Waals surface area contributed by atoms with E-state index >= 15 is 0 Å². The summed E-state index contributed by atoms with van der Waals surface area (Å²) in [6, 6.07) is -0.185. The summed E-state index contributed by atoms with van der Waals surface area (Å²) in [6.45, 7) is 4.71. The van der Waals surface area contributed by atoms with Crippen molar-refractivity contribution in [2.75, 3.05) is 19.8 Å². The highest BCUT2D eigenvalue weighted by molar-refractivity contribution is 5.79. The molecule has 1 aliphatic rings. The van der Waals surface area contributed by atoms with E-state index in [-0.39, 0.29) is 24.5 Å². The number of hydrogen-bond acceptors (Lipinski definition) is 4. The molecule has 0 saturated carbocycles. The second kappa shape index (κ2) is 5.61. The van der Waals surface area contributed by atoms with Gasteiger partial charge in [-0.15, -0.1) is 0 Å². The van der Waals surface area contributed by atoms with Crippen LogP contribution in [0.1, 0.15) is 26.7 Å². The van der Waals surface area contributed by atoms with Crippen LogP contribution in [0.3, 0.4) is 0 Å². The van der Waals surface area contributed by atoms with Gasteiger partial charge in [-0.2, -0.15) is 0 Å². The summed E-state index contributed by atoms with van der Waals surface area (Å²) in [4.78, 5) is 11.9. The predicted molar refractivity (Wildman–Crippen MR) is 60.8 cm³/mol. The fourth-order valence-electron chi connectivity index (χ4n) is 1.70. The number of ether oxygens (including phenoxy) is 1. The van der Waals surface area contributed by atoms with Gasteiger partial charge in [-0.3, -0.25) is 4.79 Å². The molecular weight excluding hydrogens is 208 g/mol. The van der Waals surface area contributed by atoms with Gasteiger partial charge in [0.2, 0.25) is 5.91 Å². The average Bonchev–Trinajstić information content (AvgIpc) is 2.29. The van der Waals surface area contributed by atoms with Crippen molar-refractivity contribution in [3.63, 3.8) is 0 Å². The Morgan fingerprint density at radius 2 is 2.06 bits per heavy atom. The molecule has 1 fully saturated rings. The molecule has 2 atom stereocenters. The van der Waals surface area contributed by atoms with E-state index in [1.165, 1.54) is 0 Å². The molecule has 4 N–H and O–H groups in total. The van der Waals surface area contributed by atoms with Gasteiger partial charge in [0.25, 0.3) is 0 Å². The molecule has 94 valence electrons. The lowest BCUT2D eigenvalue weighted by molar-refractivity contribution is -0.129. The summed E-state index contributed by atoms with van der Waals surface area (Å²) in [5, 5.41) is 12.3. The molecule has 5 nitrogen and oxygen atoms in total. The molecule has 0 aliphatic carbocycles. The fourth-order valence-corrected chi connectivity index (χ4v) is 1.70. The van der Waals surface area contributed by atoms with Gasteiger partial charge in [0.15, 0.2) is 0 Å². The van der Waals surface area contributed by atoms with E-state index < -0.39 is 5.54 Å². The molecule has 1 rings (SSSR count). The van der Waals surface area contributed by atoms with Crippen LogP contribution in [-0.2, 0) is 9.53 Å². The third-order valence-corrected chi connectivity index (χ3v) is 3.34. The molecular formula is C11H22N2O3. The highest BCUT2D eigenvalue weighted by Gasteiger charge is 2.34. The van der Waals surface area contributed by atoms with E-state index in [4.69, 9.17) is 10.5 Å². The SMILES string of the molecule is CC(N)C(C)C(=O)NC1(CO)CCOCC1. The maximum absolute atomic E-state index is 11.9. The molecule has 2 unspecified atom stereocenters. The minimum atomic E-state index is -0.515.